The minimum Gasteiger partial charge on any atom is -0.468 e. The maximum absolute atomic E-state index is 12.4. The first-order valence-corrected chi connectivity index (χ1v) is 10.5. The maximum atomic E-state index is 12.4. The van der Waals surface area contributed by atoms with E-state index in [-0.39, 0.29) is 17.0 Å². The lowest BCUT2D eigenvalue weighted by Crippen LogP contribution is -2.28. The van der Waals surface area contributed by atoms with Crippen molar-refractivity contribution in [3.05, 3.63) is 89.9 Å². The Morgan fingerprint density at radius 1 is 0.933 bits per heavy atom. The fourth-order valence-corrected chi connectivity index (χ4v) is 3.55. The van der Waals surface area contributed by atoms with Gasteiger partial charge in [0.2, 0.25) is 10.0 Å². The summed E-state index contributed by atoms with van der Waals surface area (Å²) in [7, 11) is -3.86. The summed E-state index contributed by atoms with van der Waals surface area (Å²) in [6.45, 7) is -0.183. The van der Waals surface area contributed by atoms with Crippen LogP contribution in [0, 0.1) is 0 Å². The van der Waals surface area contributed by atoms with Crippen LogP contribution in [0.2, 0.25) is 0 Å². The van der Waals surface area contributed by atoms with Crippen molar-refractivity contribution in [2.75, 3.05) is 6.61 Å². The Labute approximate surface area is 173 Å². The SMILES string of the molecule is O=C(COC(=O)c1cccc(S(=O)(=O)NCc2ccco2)c1)NCc1ccccc1. The fourth-order valence-electron chi connectivity index (χ4n) is 2.51. The summed E-state index contributed by atoms with van der Waals surface area (Å²) in [6, 6.07) is 18.0. The standard InChI is InChI=1S/C21H20N2O6S/c24-20(22-13-16-6-2-1-3-7-16)15-29-21(25)17-8-4-10-19(12-17)30(26,27)23-14-18-9-5-11-28-18/h1-12,23H,13-15H2,(H,22,24). The third kappa shape index (κ3) is 6.03. The first-order valence-electron chi connectivity index (χ1n) is 9.04. The van der Waals surface area contributed by atoms with Gasteiger partial charge in [0, 0.05) is 6.54 Å². The summed E-state index contributed by atoms with van der Waals surface area (Å²) in [5, 5.41) is 2.64. The topological polar surface area (TPSA) is 115 Å². The predicted molar refractivity (Wildman–Crippen MR) is 108 cm³/mol. The van der Waals surface area contributed by atoms with Gasteiger partial charge in [0.05, 0.1) is 23.3 Å². The number of hydrogen-bond acceptors (Lipinski definition) is 6. The second kappa shape index (κ2) is 9.86. The lowest BCUT2D eigenvalue weighted by Gasteiger charge is -2.09. The second-order valence-corrected chi connectivity index (χ2v) is 8.04. The molecule has 8 nitrogen and oxygen atoms in total. The molecule has 0 aliphatic rings. The predicted octanol–water partition coefficient (Wildman–Crippen LogP) is 2.23. The molecule has 1 aromatic heterocycles. The van der Waals surface area contributed by atoms with Crippen molar-refractivity contribution < 1.29 is 27.2 Å². The largest absolute Gasteiger partial charge is 0.468 e. The minimum absolute atomic E-state index is 0.0201. The maximum Gasteiger partial charge on any atom is 0.338 e. The van der Waals surface area contributed by atoms with Crippen LogP contribution < -0.4 is 10.0 Å². The molecule has 0 saturated heterocycles. The zero-order valence-electron chi connectivity index (χ0n) is 15.9. The van der Waals surface area contributed by atoms with Crippen LogP contribution in [-0.2, 0) is 32.6 Å². The fraction of sp³-hybridized carbons (Fsp3) is 0.143. The van der Waals surface area contributed by atoms with Crippen molar-refractivity contribution in [3.63, 3.8) is 0 Å². The number of carbonyl (C=O) groups is 2. The van der Waals surface area contributed by atoms with E-state index in [0.29, 0.717) is 12.3 Å². The smallest absolute Gasteiger partial charge is 0.338 e. The normalized spacial score (nSPS) is 11.1. The molecule has 0 aliphatic heterocycles. The van der Waals surface area contributed by atoms with Crippen molar-refractivity contribution >= 4 is 21.9 Å². The van der Waals surface area contributed by atoms with E-state index in [9.17, 15) is 18.0 Å². The molecule has 0 bridgehead atoms. The van der Waals surface area contributed by atoms with Gasteiger partial charge in [-0.05, 0) is 35.9 Å². The summed E-state index contributed by atoms with van der Waals surface area (Å²) in [4.78, 5) is 24.0. The summed E-state index contributed by atoms with van der Waals surface area (Å²) < 4.78 is 37.3. The van der Waals surface area contributed by atoms with Gasteiger partial charge in [0.25, 0.3) is 5.91 Å². The number of sulfonamides is 1. The van der Waals surface area contributed by atoms with Crippen LogP contribution >= 0.6 is 0 Å². The lowest BCUT2D eigenvalue weighted by atomic mass is 10.2. The number of amides is 1. The van der Waals surface area contributed by atoms with E-state index in [2.05, 4.69) is 10.0 Å². The molecule has 156 valence electrons. The molecule has 0 radical (unpaired) electrons. The van der Waals surface area contributed by atoms with Crippen LogP contribution in [0.1, 0.15) is 21.7 Å². The number of benzene rings is 2. The molecule has 30 heavy (non-hydrogen) atoms. The molecule has 0 atom stereocenters. The number of esters is 1. The Morgan fingerprint density at radius 3 is 2.47 bits per heavy atom. The highest BCUT2D eigenvalue weighted by molar-refractivity contribution is 7.89. The zero-order valence-corrected chi connectivity index (χ0v) is 16.7. The number of rotatable bonds is 9. The van der Waals surface area contributed by atoms with Gasteiger partial charge in [-0.2, -0.15) is 0 Å². The molecule has 1 heterocycles. The van der Waals surface area contributed by atoms with Crippen LogP contribution in [0.4, 0.5) is 0 Å². The molecule has 1 amide bonds. The summed E-state index contributed by atoms with van der Waals surface area (Å²) in [5.74, 6) is -0.806. The van der Waals surface area contributed by atoms with E-state index in [0.717, 1.165) is 5.56 Å². The minimum atomic E-state index is -3.86. The molecule has 9 heteroatoms. The Morgan fingerprint density at radius 2 is 1.73 bits per heavy atom. The van der Waals surface area contributed by atoms with Gasteiger partial charge in [-0.25, -0.2) is 17.9 Å². The molecule has 0 spiro atoms. The van der Waals surface area contributed by atoms with E-state index in [1.165, 1.54) is 30.5 Å². The van der Waals surface area contributed by atoms with Crippen LogP contribution in [0.15, 0.2) is 82.3 Å². The van der Waals surface area contributed by atoms with Crippen molar-refractivity contribution in [1.82, 2.24) is 10.0 Å². The van der Waals surface area contributed by atoms with Crippen LogP contribution in [0.3, 0.4) is 0 Å². The molecule has 2 N–H and O–H groups in total. The highest BCUT2D eigenvalue weighted by atomic mass is 32.2. The van der Waals surface area contributed by atoms with E-state index >= 15 is 0 Å². The van der Waals surface area contributed by atoms with E-state index in [1.54, 1.807) is 12.1 Å². The number of carbonyl (C=O) groups excluding carboxylic acids is 2. The molecular formula is C21H20N2O6S. The third-order valence-corrected chi connectivity index (χ3v) is 5.46. The highest BCUT2D eigenvalue weighted by Crippen LogP contribution is 2.13. The number of hydrogen-bond donors (Lipinski definition) is 2. The lowest BCUT2D eigenvalue weighted by molar-refractivity contribution is -0.124. The third-order valence-electron chi connectivity index (χ3n) is 4.06. The Hall–Kier alpha value is -3.43. The summed E-state index contributed by atoms with van der Waals surface area (Å²) >= 11 is 0. The van der Waals surface area contributed by atoms with Crippen LogP contribution in [-0.4, -0.2) is 26.9 Å². The monoisotopic (exact) mass is 428 g/mol. The van der Waals surface area contributed by atoms with E-state index in [4.69, 9.17) is 9.15 Å². The van der Waals surface area contributed by atoms with Gasteiger partial charge >= 0.3 is 5.97 Å². The molecule has 3 aromatic rings. The van der Waals surface area contributed by atoms with Gasteiger partial charge in [-0.3, -0.25) is 4.79 Å². The molecule has 0 fully saturated rings. The molecule has 0 saturated carbocycles. The highest BCUT2D eigenvalue weighted by Gasteiger charge is 2.18. The molecule has 2 aromatic carbocycles. The zero-order chi connectivity index (χ0) is 21.4. The number of nitrogens with one attached hydrogen (secondary N) is 2. The Balaban J connectivity index is 1.54. The van der Waals surface area contributed by atoms with Crippen LogP contribution in [0.25, 0.3) is 0 Å². The molecule has 0 aliphatic carbocycles. The van der Waals surface area contributed by atoms with E-state index in [1.807, 2.05) is 30.3 Å². The summed E-state index contributed by atoms with van der Waals surface area (Å²) in [6.07, 6.45) is 1.44. The van der Waals surface area contributed by atoms with Crippen molar-refractivity contribution in [2.45, 2.75) is 18.0 Å². The van der Waals surface area contributed by atoms with Gasteiger partial charge in [-0.15, -0.1) is 0 Å². The molecule has 0 unspecified atom stereocenters. The van der Waals surface area contributed by atoms with Gasteiger partial charge in [0.15, 0.2) is 6.61 Å². The van der Waals surface area contributed by atoms with Crippen molar-refractivity contribution in [1.29, 1.82) is 0 Å². The Bertz CT molecular complexity index is 1100. The Kier molecular flexibility index (Phi) is 6.99. The van der Waals surface area contributed by atoms with Crippen molar-refractivity contribution in [3.8, 4) is 0 Å². The van der Waals surface area contributed by atoms with Crippen LogP contribution in [0.5, 0.6) is 0 Å². The first-order chi connectivity index (χ1) is 14.4. The average molecular weight is 428 g/mol. The van der Waals surface area contributed by atoms with Crippen molar-refractivity contribution in [2.24, 2.45) is 0 Å². The second-order valence-electron chi connectivity index (χ2n) is 6.27. The van der Waals surface area contributed by atoms with Gasteiger partial charge in [-0.1, -0.05) is 36.4 Å². The first kappa shape index (κ1) is 21.3. The number of furan rings is 1. The quantitative estimate of drug-likeness (QED) is 0.505. The van der Waals surface area contributed by atoms with Gasteiger partial charge < -0.3 is 14.5 Å². The van der Waals surface area contributed by atoms with Gasteiger partial charge in [0.1, 0.15) is 5.76 Å². The summed E-state index contributed by atoms with van der Waals surface area (Å²) in [5.41, 5.74) is 0.934. The molecular weight excluding hydrogens is 408 g/mol. The number of ether oxygens (including phenoxy) is 1. The average Bonchev–Trinajstić information content (AvgIpc) is 3.29. The molecule has 3 rings (SSSR count). The van der Waals surface area contributed by atoms with E-state index < -0.39 is 28.5 Å².